The first-order chi connectivity index (χ1) is 12.9. The van der Waals surface area contributed by atoms with Gasteiger partial charge in [-0.2, -0.15) is 25.3 Å². The Morgan fingerprint density at radius 1 is 0.893 bits per heavy atom. The lowest BCUT2D eigenvalue weighted by Crippen LogP contribution is -2.60. The number of aliphatic hydroxyl groups is 1. The van der Waals surface area contributed by atoms with E-state index in [1.54, 1.807) is 0 Å². The molecule has 12 nitrogen and oxygen atoms in total. The van der Waals surface area contributed by atoms with E-state index in [0.29, 0.717) is 0 Å². The van der Waals surface area contributed by atoms with Gasteiger partial charge in [0.25, 0.3) is 0 Å². The molecule has 0 aromatic heterocycles. The Labute approximate surface area is 171 Å². The summed E-state index contributed by atoms with van der Waals surface area (Å²) >= 11 is 7.70. The second-order valence-electron chi connectivity index (χ2n) is 5.76. The van der Waals surface area contributed by atoms with Crippen LogP contribution in [0.3, 0.4) is 0 Å². The summed E-state index contributed by atoms with van der Waals surface area (Å²) in [7, 11) is 0. The Bertz CT molecular complexity index is 604. The van der Waals surface area contributed by atoms with Crippen molar-refractivity contribution < 1.29 is 39.3 Å². The van der Waals surface area contributed by atoms with E-state index in [2.05, 4.69) is 41.2 Å². The van der Waals surface area contributed by atoms with Crippen molar-refractivity contribution in [3.8, 4) is 0 Å². The van der Waals surface area contributed by atoms with Crippen molar-refractivity contribution in [2.45, 2.75) is 43.6 Å². The molecule has 0 fully saturated rings. The quantitative estimate of drug-likeness (QED) is 0.138. The average Bonchev–Trinajstić information content (AvgIpc) is 2.60. The monoisotopic (exact) mass is 440 g/mol. The molecule has 14 heteroatoms. The Morgan fingerprint density at radius 3 is 1.79 bits per heavy atom. The first kappa shape index (κ1) is 26.0. The van der Waals surface area contributed by atoms with E-state index >= 15 is 0 Å². The second-order valence-corrected chi connectivity index (χ2v) is 6.49. The fourth-order valence-corrected chi connectivity index (χ4v) is 2.36. The third-order valence-electron chi connectivity index (χ3n) is 3.41. The molecule has 8 N–H and O–H groups in total. The van der Waals surface area contributed by atoms with Crippen molar-refractivity contribution >= 4 is 54.9 Å². The Kier molecular flexibility index (Phi) is 11.5. The number of thiol groups is 2. The molecule has 0 aliphatic heterocycles. The molecule has 0 radical (unpaired) electrons. The number of carbonyl (C=O) groups is 5. The van der Waals surface area contributed by atoms with E-state index in [0.717, 1.165) is 0 Å². The number of carboxylic acid groups (broad SMARTS) is 2. The molecule has 0 aliphatic rings. The maximum absolute atomic E-state index is 12.3. The number of amides is 3. The summed E-state index contributed by atoms with van der Waals surface area (Å²) in [6.07, 6.45) is -2.06. The Balaban J connectivity index is 5.09. The number of aliphatic hydroxyl groups excluding tert-OH is 1. The van der Waals surface area contributed by atoms with Crippen molar-refractivity contribution in [1.29, 1.82) is 0 Å². The van der Waals surface area contributed by atoms with E-state index in [1.165, 1.54) is 6.92 Å². The molecule has 0 bridgehead atoms. The highest BCUT2D eigenvalue weighted by atomic mass is 32.1. The zero-order valence-corrected chi connectivity index (χ0v) is 16.7. The molecule has 0 aromatic rings. The van der Waals surface area contributed by atoms with Crippen LogP contribution in [0.5, 0.6) is 0 Å². The van der Waals surface area contributed by atoms with Crippen LogP contribution in [-0.4, -0.2) is 86.8 Å². The SMILES string of the molecule is CC(O)C(NC(=O)C(CS)NC(=O)C(N)CC(=O)O)C(=O)NC(CS)C(=O)O. The molecule has 3 amide bonds. The summed E-state index contributed by atoms with van der Waals surface area (Å²) in [5.41, 5.74) is 5.40. The largest absolute Gasteiger partial charge is 0.481 e. The smallest absolute Gasteiger partial charge is 0.327 e. The molecule has 28 heavy (non-hydrogen) atoms. The van der Waals surface area contributed by atoms with Crippen molar-refractivity contribution in [3.05, 3.63) is 0 Å². The number of aliphatic carboxylic acids is 2. The van der Waals surface area contributed by atoms with Crippen molar-refractivity contribution in [3.63, 3.8) is 0 Å². The van der Waals surface area contributed by atoms with Gasteiger partial charge in [0.2, 0.25) is 17.7 Å². The number of hydrogen-bond acceptors (Lipinski definition) is 9. The predicted molar refractivity (Wildman–Crippen MR) is 103 cm³/mol. The number of rotatable bonds is 12. The first-order valence-corrected chi connectivity index (χ1v) is 9.22. The van der Waals surface area contributed by atoms with Crippen LogP contribution < -0.4 is 21.7 Å². The summed E-state index contributed by atoms with van der Waals surface area (Å²) in [6, 6.07) is -5.57. The predicted octanol–water partition coefficient (Wildman–Crippen LogP) is -3.43. The first-order valence-electron chi connectivity index (χ1n) is 7.95. The number of carbonyl (C=O) groups excluding carboxylic acids is 3. The summed E-state index contributed by atoms with van der Waals surface area (Å²) in [5.74, 6) is -5.92. The molecule has 0 rings (SSSR count). The van der Waals surface area contributed by atoms with Gasteiger partial charge in [-0.1, -0.05) is 0 Å². The van der Waals surface area contributed by atoms with Crippen LogP contribution in [0.15, 0.2) is 0 Å². The van der Waals surface area contributed by atoms with Crippen LogP contribution in [0.2, 0.25) is 0 Å². The Morgan fingerprint density at radius 2 is 1.39 bits per heavy atom. The van der Waals surface area contributed by atoms with Crippen LogP contribution in [0.4, 0.5) is 0 Å². The molecule has 0 aliphatic carbocycles. The summed E-state index contributed by atoms with van der Waals surface area (Å²) in [6.45, 7) is 1.19. The van der Waals surface area contributed by atoms with Crippen LogP contribution in [-0.2, 0) is 24.0 Å². The van der Waals surface area contributed by atoms with Gasteiger partial charge in [-0.25, -0.2) is 4.79 Å². The van der Waals surface area contributed by atoms with E-state index in [9.17, 15) is 29.1 Å². The molecular formula is C14H24N4O8S2. The maximum Gasteiger partial charge on any atom is 0.327 e. The molecule has 0 aromatic carbocycles. The lowest BCUT2D eigenvalue weighted by atomic mass is 10.1. The van der Waals surface area contributed by atoms with Gasteiger partial charge in [0.15, 0.2) is 0 Å². The second kappa shape index (κ2) is 12.4. The normalized spacial score (nSPS) is 16.0. The minimum Gasteiger partial charge on any atom is -0.481 e. The molecule has 5 unspecified atom stereocenters. The van der Waals surface area contributed by atoms with Crippen molar-refractivity contribution in [2.24, 2.45) is 5.73 Å². The van der Waals surface area contributed by atoms with Crippen molar-refractivity contribution in [2.75, 3.05) is 11.5 Å². The number of carboxylic acids is 2. The van der Waals surface area contributed by atoms with Crippen LogP contribution >= 0.6 is 25.3 Å². The fraction of sp³-hybridized carbons (Fsp3) is 0.643. The fourth-order valence-electron chi connectivity index (χ4n) is 1.86. The molecule has 0 spiro atoms. The standard InChI is InChI=1S/C14H24N4O8S2/c1-5(19)10(13(24)17-8(4-28)14(25)26)18-12(23)7(3-27)16-11(22)6(15)2-9(20)21/h5-8,10,19,27-28H,2-4,15H2,1H3,(H,16,22)(H,17,24)(H,18,23)(H,20,21)(H,25,26). The van der Waals surface area contributed by atoms with Gasteiger partial charge < -0.3 is 37.0 Å². The van der Waals surface area contributed by atoms with Gasteiger partial charge in [-0.05, 0) is 6.92 Å². The van der Waals surface area contributed by atoms with Gasteiger partial charge in [0, 0.05) is 11.5 Å². The van der Waals surface area contributed by atoms with Crippen molar-refractivity contribution in [1.82, 2.24) is 16.0 Å². The highest BCUT2D eigenvalue weighted by Crippen LogP contribution is 2.00. The maximum atomic E-state index is 12.3. The third kappa shape index (κ3) is 8.77. The van der Waals surface area contributed by atoms with Gasteiger partial charge in [-0.15, -0.1) is 0 Å². The summed E-state index contributed by atoms with van der Waals surface area (Å²) in [4.78, 5) is 57.9. The number of nitrogens with two attached hydrogens (primary N) is 1. The van der Waals surface area contributed by atoms with E-state index in [1.807, 2.05) is 0 Å². The lowest BCUT2D eigenvalue weighted by Gasteiger charge is -2.25. The third-order valence-corrected chi connectivity index (χ3v) is 4.14. The average molecular weight is 441 g/mol. The lowest BCUT2D eigenvalue weighted by molar-refractivity contribution is -0.142. The molecule has 0 saturated carbocycles. The topological polar surface area (TPSA) is 208 Å². The van der Waals surface area contributed by atoms with E-state index in [-0.39, 0.29) is 11.5 Å². The minimum absolute atomic E-state index is 0.222. The van der Waals surface area contributed by atoms with Gasteiger partial charge in [0.05, 0.1) is 18.6 Å². The van der Waals surface area contributed by atoms with Gasteiger partial charge in [0.1, 0.15) is 18.1 Å². The molecule has 160 valence electrons. The van der Waals surface area contributed by atoms with Gasteiger partial charge in [-0.3, -0.25) is 19.2 Å². The molecular weight excluding hydrogens is 416 g/mol. The van der Waals surface area contributed by atoms with Crippen LogP contribution in [0.1, 0.15) is 13.3 Å². The van der Waals surface area contributed by atoms with E-state index in [4.69, 9.17) is 15.9 Å². The molecule has 0 heterocycles. The van der Waals surface area contributed by atoms with Gasteiger partial charge >= 0.3 is 11.9 Å². The van der Waals surface area contributed by atoms with Crippen LogP contribution in [0.25, 0.3) is 0 Å². The van der Waals surface area contributed by atoms with E-state index < -0.39 is 66.4 Å². The number of hydrogen-bond donors (Lipinski definition) is 9. The highest BCUT2D eigenvalue weighted by Gasteiger charge is 2.32. The number of nitrogens with one attached hydrogen (secondary N) is 3. The summed E-state index contributed by atoms with van der Waals surface area (Å²) < 4.78 is 0. The minimum atomic E-state index is -1.53. The Hall–Kier alpha value is -2.03. The zero-order valence-electron chi connectivity index (χ0n) is 14.9. The molecule has 0 saturated heterocycles. The zero-order chi connectivity index (χ0) is 22.0. The molecule has 5 atom stereocenters. The summed E-state index contributed by atoms with van der Waals surface area (Å²) in [5, 5.41) is 33.8. The van der Waals surface area contributed by atoms with Crippen LogP contribution in [0, 0.1) is 0 Å². The highest BCUT2D eigenvalue weighted by molar-refractivity contribution is 7.80.